The fourth-order valence-electron chi connectivity index (χ4n) is 2.59. The summed E-state index contributed by atoms with van der Waals surface area (Å²) in [6.45, 7) is 1.84. The number of nitrogens with two attached hydrogens (primary N) is 1. The minimum absolute atomic E-state index is 0.0651. The number of hydrogen-bond donors (Lipinski definition) is 4. The summed E-state index contributed by atoms with van der Waals surface area (Å²) in [7, 11) is 0. The molecule has 0 radical (unpaired) electrons. The van der Waals surface area contributed by atoms with E-state index >= 15 is 0 Å². The summed E-state index contributed by atoms with van der Waals surface area (Å²) in [5.41, 5.74) is 8.22. The Hall–Kier alpha value is -3.35. The van der Waals surface area contributed by atoms with E-state index < -0.39 is 5.91 Å². The van der Waals surface area contributed by atoms with Crippen LogP contribution in [0, 0.1) is 0 Å². The number of para-hydroxylation sites is 3. The molecule has 1 heterocycles. The van der Waals surface area contributed by atoms with Gasteiger partial charge in [-0.1, -0.05) is 30.3 Å². The predicted molar refractivity (Wildman–Crippen MR) is 96.0 cm³/mol. The summed E-state index contributed by atoms with van der Waals surface area (Å²) in [6.07, 6.45) is 0.0651. The lowest BCUT2D eigenvalue weighted by Gasteiger charge is -2.14. The fourth-order valence-corrected chi connectivity index (χ4v) is 2.59. The molecule has 1 unspecified atom stereocenters. The van der Waals surface area contributed by atoms with Gasteiger partial charge in [0.05, 0.1) is 23.5 Å². The maximum atomic E-state index is 12.3. The zero-order valence-corrected chi connectivity index (χ0v) is 13.7. The van der Waals surface area contributed by atoms with Crippen molar-refractivity contribution >= 4 is 28.7 Å². The molecule has 0 fully saturated rings. The van der Waals surface area contributed by atoms with E-state index in [9.17, 15) is 9.59 Å². The topological polar surface area (TPSA) is 113 Å². The molecular weight excluding hydrogens is 318 g/mol. The number of primary amides is 1. The van der Waals surface area contributed by atoms with E-state index in [4.69, 9.17) is 5.73 Å². The van der Waals surface area contributed by atoms with E-state index in [1.165, 1.54) is 0 Å². The van der Waals surface area contributed by atoms with Crippen LogP contribution in [-0.4, -0.2) is 21.9 Å². The zero-order valence-electron chi connectivity index (χ0n) is 13.7. The smallest absolute Gasteiger partial charge is 0.319 e. The van der Waals surface area contributed by atoms with Crippen LogP contribution in [0.5, 0.6) is 0 Å². The normalized spacial score (nSPS) is 11.9. The highest BCUT2D eigenvalue weighted by Crippen LogP contribution is 2.17. The number of aromatic amines is 1. The van der Waals surface area contributed by atoms with Crippen molar-refractivity contribution in [2.45, 2.75) is 19.4 Å². The molecule has 0 saturated carbocycles. The molecule has 3 amide bonds. The summed E-state index contributed by atoms with van der Waals surface area (Å²) in [4.78, 5) is 31.1. The number of hydrogen-bond acceptors (Lipinski definition) is 3. The summed E-state index contributed by atoms with van der Waals surface area (Å²) < 4.78 is 0. The number of carbonyl (C=O) groups is 2. The molecule has 25 heavy (non-hydrogen) atoms. The van der Waals surface area contributed by atoms with Crippen LogP contribution in [0.1, 0.15) is 24.4 Å². The number of imidazole rings is 1. The third-order valence-electron chi connectivity index (χ3n) is 3.80. The highest BCUT2D eigenvalue weighted by molar-refractivity contribution is 5.91. The molecule has 5 N–H and O–H groups in total. The largest absolute Gasteiger partial charge is 0.369 e. The third-order valence-corrected chi connectivity index (χ3v) is 3.80. The molecule has 0 bridgehead atoms. The summed E-state index contributed by atoms with van der Waals surface area (Å²) >= 11 is 0. The van der Waals surface area contributed by atoms with Crippen LogP contribution >= 0.6 is 0 Å². The van der Waals surface area contributed by atoms with Crippen LogP contribution in [0.4, 0.5) is 10.5 Å². The molecule has 0 aliphatic carbocycles. The number of urea groups is 1. The van der Waals surface area contributed by atoms with Gasteiger partial charge in [0.2, 0.25) is 5.91 Å². The molecule has 0 aliphatic rings. The van der Waals surface area contributed by atoms with Crippen molar-refractivity contribution in [1.82, 2.24) is 15.3 Å². The fraction of sp³-hybridized carbons (Fsp3) is 0.167. The zero-order chi connectivity index (χ0) is 17.8. The van der Waals surface area contributed by atoms with Crippen LogP contribution in [-0.2, 0) is 11.2 Å². The number of nitrogens with zero attached hydrogens (tertiary/aromatic N) is 1. The van der Waals surface area contributed by atoms with Gasteiger partial charge < -0.3 is 21.4 Å². The van der Waals surface area contributed by atoms with Gasteiger partial charge in [0.15, 0.2) is 0 Å². The Labute approximate surface area is 144 Å². The SMILES string of the molecule is CC(NC(=O)Nc1ccccc1CC(N)=O)c1nc2ccccc2[nH]1. The number of amides is 3. The molecule has 7 nitrogen and oxygen atoms in total. The number of nitrogens with one attached hydrogen (secondary N) is 3. The van der Waals surface area contributed by atoms with Crippen molar-refractivity contribution in [1.29, 1.82) is 0 Å². The predicted octanol–water partition coefficient (Wildman–Crippen LogP) is 2.47. The molecule has 1 aromatic heterocycles. The second-order valence-electron chi connectivity index (χ2n) is 5.76. The summed E-state index contributed by atoms with van der Waals surface area (Å²) in [5.74, 6) is 0.215. The lowest BCUT2D eigenvalue weighted by atomic mass is 10.1. The molecule has 128 valence electrons. The summed E-state index contributed by atoms with van der Waals surface area (Å²) in [5, 5.41) is 5.58. The quantitative estimate of drug-likeness (QED) is 0.573. The first-order valence-electron chi connectivity index (χ1n) is 7.91. The van der Waals surface area contributed by atoms with E-state index in [-0.39, 0.29) is 18.5 Å². The van der Waals surface area contributed by atoms with Gasteiger partial charge in [-0.15, -0.1) is 0 Å². The Morgan fingerprint density at radius 3 is 2.64 bits per heavy atom. The third kappa shape index (κ3) is 3.95. The van der Waals surface area contributed by atoms with E-state index in [0.29, 0.717) is 17.1 Å². The van der Waals surface area contributed by atoms with E-state index in [2.05, 4.69) is 20.6 Å². The van der Waals surface area contributed by atoms with Gasteiger partial charge in [0.25, 0.3) is 0 Å². The van der Waals surface area contributed by atoms with Crippen molar-refractivity contribution in [2.24, 2.45) is 5.73 Å². The van der Waals surface area contributed by atoms with E-state index in [1.807, 2.05) is 31.2 Å². The van der Waals surface area contributed by atoms with Crippen molar-refractivity contribution in [2.75, 3.05) is 5.32 Å². The van der Waals surface area contributed by atoms with Crippen molar-refractivity contribution in [3.63, 3.8) is 0 Å². The van der Waals surface area contributed by atoms with E-state index in [1.54, 1.807) is 24.3 Å². The number of rotatable bonds is 5. The first-order valence-corrected chi connectivity index (χ1v) is 7.91. The number of benzene rings is 2. The molecule has 3 aromatic rings. The summed E-state index contributed by atoms with van der Waals surface area (Å²) in [6, 6.07) is 14.0. The van der Waals surface area contributed by atoms with Crippen molar-refractivity contribution in [3.8, 4) is 0 Å². The van der Waals surface area contributed by atoms with E-state index in [0.717, 1.165) is 11.0 Å². The Morgan fingerprint density at radius 2 is 1.88 bits per heavy atom. The first-order chi connectivity index (χ1) is 12.0. The Balaban J connectivity index is 1.69. The second-order valence-corrected chi connectivity index (χ2v) is 5.76. The lowest BCUT2D eigenvalue weighted by Crippen LogP contribution is -2.32. The van der Waals surface area contributed by atoms with Gasteiger partial charge in [-0.05, 0) is 30.7 Å². The van der Waals surface area contributed by atoms with Crippen LogP contribution in [0.2, 0.25) is 0 Å². The number of anilines is 1. The molecule has 2 aromatic carbocycles. The van der Waals surface area contributed by atoms with Gasteiger partial charge in [0, 0.05) is 5.69 Å². The Kier molecular flexibility index (Phi) is 4.65. The number of carbonyl (C=O) groups excluding carboxylic acids is 2. The van der Waals surface area contributed by atoms with Gasteiger partial charge in [-0.3, -0.25) is 4.79 Å². The number of aromatic nitrogens is 2. The monoisotopic (exact) mass is 337 g/mol. The Morgan fingerprint density at radius 1 is 1.16 bits per heavy atom. The minimum Gasteiger partial charge on any atom is -0.369 e. The van der Waals surface area contributed by atoms with Crippen LogP contribution in [0.25, 0.3) is 11.0 Å². The van der Waals surface area contributed by atoms with Gasteiger partial charge in [0.1, 0.15) is 5.82 Å². The second kappa shape index (κ2) is 7.04. The Bertz CT molecular complexity index is 885. The molecule has 0 saturated heterocycles. The van der Waals surface area contributed by atoms with Crippen LogP contribution < -0.4 is 16.4 Å². The highest BCUT2D eigenvalue weighted by atomic mass is 16.2. The van der Waals surface area contributed by atoms with Crippen molar-refractivity contribution < 1.29 is 9.59 Å². The maximum Gasteiger partial charge on any atom is 0.319 e. The van der Waals surface area contributed by atoms with Gasteiger partial charge >= 0.3 is 6.03 Å². The van der Waals surface area contributed by atoms with Crippen molar-refractivity contribution in [3.05, 3.63) is 59.9 Å². The lowest BCUT2D eigenvalue weighted by molar-refractivity contribution is -0.117. The number of fused-ring (bicyclic) bond motifs is 1. The standard InChI is InChI=1S/C18H19N5O2/c1-11(17-21-14-8-4-5-9-15(14)22-17)20-18(25)23-13-7-3-2-6-12(13)10-16(19)24/h2-9,11H,10H2,1H3,(H2,19,24)(H,21,22)(H2,20,23,25). The molecule has 0 aliphatic heterocycles. The minimum atomic E-state index is -0.453. The maximum absolute atomic E-state index is 12.3. The molecule has 1 atom stereocenters. The number of H-pyrrole nitrogens is 1. The van der Waals surface area contributed by atoms with Crippen LogP contribution in [0.15, 0.2) is 48.5 Å². The first kappa shape index (κ1) is 16.5. The van der Waals surface area contributed by atoms with Crippen LogP contribution in [0.3, 0.4) is 0 Å². The molecule has 7 heteroatoms. The molecule has 0 spiro atoms. The van der Waals surface area contributed by atoms with Gasteiger partial charge in [-0.2, -0.15) is 0 Å². The average molecular weight is 337 g/mol. The highest BCUT2D eigenvalue weighted by Gasteiger charge is 2.14. The molecule has 3 rings (SSSR count). The average Bonchev–Trinajstić information content (AvgIpc) is 3.00. The van der Waals surface area contributed by atoms with Gasteiger partial charge in [-0.25, -0.2) is 9.78 Å². The molecular formula is C18H19N5O2.